The van der Waals surface area contributed by atoms with E-state index < -0.39 is 0 Å². The summed E-state index contributed by atoms with van der Waals surface area (Å²) in [5.41, 5.74) is 2.40. The van der Waals surface area contributed by atoms with Gasteiger partial charge in [0, 0.05) is 31.2 Å². The number of rotatable bonds is 5. The van der Waals surface area contributed by atoms with Crippen LogP contribution < -0.4 is 5.32 Å². The standard InChI is InChI=1S/C21H28N4S/c1-2-13-25-20(19(23-21(25)26)18-10-6-7-12-22-18)16-11-14-24(15-16)17-8-4-3-5-9-17/h6-7,10-12,14-15,17,19-20H,2-5,8-9,13H2,1H3,(H,23,26). The molecule has 2 unspecified atom stereocenters. The van der Waals surface area contributed by atoms with E-state index in [9.17, 15) is 0 Å². The molecule has 0 bridgehead atoms. The van der Waals surface area contributed by atoms with Gasteiger partial charge in [-0.2, -0.15) is 0 Å². The Labute approximate surface area is 161 Å². The van der Waals surface area contributed by atoms with Crippen molar-refractivity contribution in [2.75, 3.05) is 6.54 Å². The fourth-order valence-corrected chi connectivity index (χ4v) is 4.79. The largest absolute Gasteiger partial charge is 0.352 e. The Morgan fingerprint density at radius 1 is 1.19 bits per heavy atom. The van der Waals surface area contributed by atoms with Gasteiger partial charge in [-0.05, 0) is 55.2 Å². The molecule has 2 aromatic heterocycles. The van der Waals surface area contributed by atoms with E-state index in [1.54, 1.807) is 0 Å². The maximum Gasteiger partial charge on any atom is 0.170 e. The van der Waals surface area contributed by atoms with Crippen LogP contribution in [0.2, 0.25) is 0 Å². The van der Waals surface area contributed by atoms with Gasteiger partial charge in [-0.1, -0.05) is 32.3 Å². The Kier molecular flexibility index (Phi) is 5.25. The summed E-state index contributed by atoms with van der Waals surface area (Å²) in [6.45, 7) is 3.18. The Morgan fingerprint density at radius 3 is 2.77 bits per heavy atom. The first kappa shape index (κ1) is 17.5. The van der Waals surface area contributed by atoms with Crippen LogP contribution in [-0.2, 0) is 0 Å². The second kappa shape index (κ2) is 7.78. The molecular formula is C21H28N4S. The van der Waals surface area contributed by atoms with Crippen LogP contribution in [0.4, 0.5) is 0 Å². The van der Waals surface area contributed by atoms with E-state index in [1.807, 2.05) is 12.3 Å². The second-order valence-electron chi connectivity index (χ2n) is 7.50. The summed E-state index contributed by atoms with van der Waals surface area (Å²) in [4.78, 5) is 6.95. The van der Waals surface area contributed by atoms with Crippen molar-refractivity contribution in [3.8, 4) is 0 Å². The lowest BCUT2D eigenvalue weighted by atomic mass is 9.95. The normalized spacial score (nSPS) is 24.0. The zero-order valence-electron chi connectivity index (χ0n) is 15.5. The van der Waals surface area contributed by atoms with E-state index in [1.165, 1.54) is 37.7 Å². The highest BCUT2D eigenvalue weighted by Gasteiger charge is 2.39. The van der Waals surface area contributed by atoms with E-state index in [-0.39, 0.29) is 12.1 Å². The first-order chi connectivity index (χ1) is 12.8. The van der Waals surface area contributed by atoms with E-state index in [4.69, 9.17) is 12.2 Å². The molecule has 3 heterocycles. The summed E-state index contributed by atoms with van der Waals surface area (Å²) in [6.07, 6.45) is 14.3. The summed E-state index contributed by atoms with van der Waals surface area (Å²) >= 11 is 5.67. The molecule has 0 aromatic carbocycles. The maximum atomic E-state index is 5.67. The Morgan fingerprint density at radius 2 is 2.04 bits per heavy atom. The smallest absolute Gasteiger partial charge is 0.170 e. The van der Waals surface area contributed by atoms with E-state index in [2.05, 4.69) is 57.3 Å². The van der Waals surface area contributed by atoms with Crippen molar-refractivity contribution in [1.29, 1.82) is 0 Å². The molecule has 1 aliphatic carbocycles. The van der Waals surface area contributed by atoms with Gasteiger partial charge in [0.15, 0.2) is 5.11 Å². The van der Waals surface area contributed by atoms with Gasteiger partial charge in [-0.15, -0.1) is 0 Å². The van der Waals surface area contributed by atoms with Gasteiger partial charge in [-0.3, -0.25) is 4.98 Å². The average Bonchev–Trinajstić information content (AvgIpc) is 3.29. The van der Waals surface area contributed by atoms with Crippen LogP contribution in [0.5, 0.6) is 0 Å². The molecule has 1 N–H and O–H groups in total. The molecule has 1 saturated carbocycles. The zero-order valence-corrected chi connectivity index (χ0v) is 16.3. The van der Waals surface area contributed by atoms with Crippen molar-refractivity contribution >= 4 is 17.3 Å². The van der Waals surface area contributed by atoms with Crippen LogP contribution in [-0.4, -0.2) is 26.1 Å². The van der Waals surface area contributed by atoms with Gasteiger partial charge in [0.05, 0.1) is 17.8 Å². The maximum absolute atomic E-state index is 5.67. The van der Waals surface area contributed by atoms with Crippen molar-refractivity contribution < 1.29 is 0 Å². The highest BCUT2D eigenvalue weighted by atomic mass is 32.1. The zero-order chi connectivity index (χ0) is 17.9. The van der Waals surface area contributed by atoms with Crippen LogP contribution in [0.3, 0.4) is 0 Å². The van der Waals surface area contributed by atoms with Gasteiger partial charge < -0.3 is 14.8 Å². The minimum atomic E-state index is 0.109. The van der Waals surface area contributed by atoms with Crippen molar-refractivity contribution in [2.45, 2.75) is 63.6 Å². The molecule has 0 amide bonds. The Hall–Kier alpha value is -1.88. The molecule has 26 heavy (non-hydrogen) atoms. The first-order valence-corrected chi connectivity index (χ1v) is 10.3. The third-order valence-electron chi connectivity index (χ3n) is 5.74. The van der Waals surface area contributed by atoms with Crippen LogP contribution in [0.25, 0.3) is 0 Å². The fourth-order valence-electron chi connectivity index (χ4n) is 4.46. The topological polar surface area (TPSA) is 33.1 Å². The van der Waals surface area contributed by atoms with Crippen LogP contribution in [0, 0.1) is 0 Å². The first-order valence-electron chi connectivity index (χ1n) is 9.93. The van der Waals surface area contributed by atoms with Gasteiger partial charge in [0.25, 0.3) is 0 Å². The third kappa shape index (κ3) is 3.37. The number of thiocarbonyl (C=S) groups is 1. The summed E-state index contributed by atoms with van der Waals surface area (Å²) in [7, 11) is 0. The highest BCUT2D eigenvalue weighted by Crippen LogP contribution is 2.39. The minimum Gasteiger partial charge on any atom is -0.352 e. The minimum absolute atomic E-state index is 0.109. The van der Waals surface area contributed by atoms with Crippen molar-refractivity contribution in [2.24, 2.45) is 0 Å². The molecule has 0 spiro atoms. The number of aromatic nitrogens is 2. The SMILES string of the molecule is CCCN1C(=S)NC(c2ccccn2)C1c1ccn(C2CCCCC2)c1. The lowest BCUT2D eigenvalue weighted by Gasteiger charge is -2.27. The predicted octanol–water partition coefficient (Wildman–Crippen LogP) is 4.77. The number of hydrogen-bond acceptors (Lipinski definition) is 2. The van der Waals surface area contributed by atoms with Crippen molar-refractivity contribution in [3.63, 3.8) is 0 Å². The van der Waals surface area contributed by atoms with Gasteiger partial charge in [0.1, 0.15) is 0 Å². The van der Waals surface area contributed by atoms with E-state index in [0.717, 1.165) is 23.8 Å². The molecule has 4 rings (SSSR count). The molecule has 138 valence electrons. The molecule has 2 aromatic rings. The van der Waals surface area contributed by atoms with Crippen molar-refractivity contribution in [3.05, 3.63) is 54.1 Å². The molecule has 1 aliphatic heterocycles. The van der Waals surface area contributed by atoms with Gasteiger partial charge in [0.2, 0.25) is 0 Å². The predicted molar refractivity (Wildman–Crippen MR) is 109 cm³/mol. The van der Waals surface area contributed by atoms with E-state index >= 15 is 0 Å². The second-order valence-corrected chi connectivity index (χ2v) is 7.89. The molecule has 0 radical (unpaired) electrons. The molecule has 2 fully saturated rings. The Balaban J connectivity index is 1.65. The number of nitrogens with zero attached hydrogens (tertiary/aromatic N) is 3. The average molecular weight is 369 g/mol. The molecular weight excluding hydrogens is 340 g/mol. The van der Waals surface area contributed by atoms with Crippen molar-refractivity contribution in [1.82, 2.24) is 19.8 Å². The highest BCUT2D eigenvalue weighted by molar-refractivity contribution is 7.80. The molecule has 2 aliphatic rings. The van der Waals surface area contributed by atoms with Gasteiger partial charge >= 0.3 is 0 Å². The summed E-state index contributed by atoms with van der Waals surface area (Å²) in [5.74, 6) is 0. The molecule has 4 nitrogen and oxygen atoms in total. The van der Waals surface area contributed by atoms with E-state index in [0.29, 0.717) is 6.04 Å². The number of pyridine rings is 1. The molecule has 2 atom stereocenters. The lowest BCUT2D eigenvalue weighted by Crippen LogP contribution is -2.30. The van der Waals surface area contributed by atoms with Crippen LogP contribution >= 0.6 is 12.2 Å². The number of hydrogen-bond donors (Lipinski definition) is 1. The summed E-state index contributed by atoms with van der Waals surface area (Å²) < 4.78 is 2.44. The molecule has 1 saturated heterocycles. The lowest BCUT2D eigenvalue weighted by molar-refractivity contribution is 0.315. The summed E-state index contributed by atoms with van der Waals surface area (Å²) in [5, 5.41) is 4.37. The Bertz CT molecular complexity index is 735. The fraction of sp³-hybridized carbons (Fsp3) is 0.524. The van der Waals surface area contributed by atoms with Crippen LogP contribution in [0.15, 0.2) is 42.9 Å². The quantitative estimate of drug-likeness (QED) is 0.771. The van der Waals surface area contributed by atoms with Gasteiger partial charge in [-0.25, -0.2) is 0 Å². The summed E-state index contributed by atoms with van der Waals surface area (Å²) in [6, 6.07) is 9.38. The monoisotopic (exact) mass is 368 g/mol. The molecule has 5 heteroatoms. The van der Waals surface area contributed by atoms with Crippen LogP contribution in [0.1, 0.15) is 74.8 Å². The number of nitrogens with one attached hydrogen (secondary N) is 1. The third-order valence-corrected chi connectivity index (χ3v) is 6.09.